The number of hydrogen-bond acceptors (Lipinski definition) is 0. The van der Waals surface area contributed by atoms with Crippen LogP contribution in [0.15, 0.2) is 22.8 Å². The van der Waals surface area contributed by atoms with E-state index in [0.29, 0.717) is 0 Å². The van der Waals surface area contributed by atoms with E-state index in [2.05, 4.69) is 33.8 Å². The SMILES string of the molecule is C[C]1C(C)=CC(C)=C1C.[Cl-].[Cl-].[Cl-].[Cl-].[Ta]. The van der Waals surface area contributed by atoms with Crippen LogP contribution in [0.4, 0.5) is 0 Å². The van der Waals surface area contributed by atoms with Crippen LogP contribution in [0, 0.1) is 5.92 Å². The second-order valence-electron chi connectivity index (χ2n) is 2.76. The Labute approximate surface area is 128 Å². The summed E-state index contributed by atoms with van der Waals surface area (Å²) in [5.74, 6) is 1.45. The van der Waals surface area contributed by atoms with Gasteiger partial charge in [0.1, 0.15) is 0 Å². The van der Waals surface area contributed by atoms with Crippen molar-refractivity contribution in [3.05, 3.63) is 28.7 Å². The fourth-order valence-electron chi connectivity index (χ4n) is 1.13. The molecule has 0 aliphatic heterocycles. The van der Waals surface area contributed by atoms with Crippen molar-refractivity contribution < 1.29 is 72.0 Å². The molecule has 5 heteroatoms. The first-order valence-electron chi connectivity index (χ1n) is 3.33. The first-order valence-corrected chi connectivity index (χ1v) is 3.33. The van der Waals surface area contributed by atoms with Gasteiger partial charge in [0.15, 0.2) is 0 Å². The standard InChI is InChI=1S/C9H13.4ClH.Ta/c1-6-5-7(2)9(4)8(6)3;;;;;/h5H,1-4H3;4*1H;/p-4. The Kier molecular flexibility index (Phi) is 26.2. The molecule has 86 valence electrons. The van der Waals surface area contributed by atoms with E-state index >= 15 is 0 Å². The predicted molar refractivity (Wildman–Crippen MR) is 41.0 cm³/mol. The molecular formula is C9H13Cl4Ta-4. The van der Waals surface area contributed by atoms with Crippen molar-refractivity contribution in [2.75, 3.05) is 0 Å². The van der Waals surface area contributed by atoms with Gasteiger partial charge in [-0.05, 0) is 20.8 Å². The summed E-state index contributed by atoms with van der Waals surface area (Å²) in [5, 5.41) is 0. The Hall–Kier alpha value is 1.38. The van der Waals surface area contributed by atoms with Gasteiger partial charge >= 0.3 is 0 Å². The maximum absolute atomic E-state index is 2.24. The summed E-state index contributed by atoms with van der Waals surface area (Å²) >= 11 is 0. The smallest absolute Gasteiger partial charge is 0.0224 e. The Morgan fingerprint density at radius 1 is 0.786 bits per heavy atom. The molecule has 0 unspecified atom stereocenters. The first-order chi connectivity index (χ1) is 4.13. The van der Waals surface area contributed by atoms with Crippen LogP contribution in [0.2, 0.25) is 0 Å². The van der Waals surface area contributed by atoms with Crippen LogP contribution in [0.3, 0.4) is 0 Å². The molecule has 0 atom stereocenters. The van der Waals surface area contributed by atoms with E-state index in [1.807, 2.05) is 0 Å². The third-order valence-corrected chi connectivity index (χ3v) is 2.18. The van der Waals surface area contributed by atoms with Gasteiger partial charge in [-0.1, -0.05) is 29.7 Å². The van der Waals surface area contributed by atoms with Gasteiger partial charge in [-0.2, -0.15) is 0 Å². The number of rotatable bonds is 0. The molecule has 0 N–H and O–H groups in total. The van der Waals surface area contributed by atoms with Crippen LogP contribution in [-0.4, -0.2) is 0 Å². The van der Waals surface area contributed by atoms with Crippen LogP contribution < -0.4 is 49.6 Å². The molecule has 0 nitrogen and oxygen atoms in total. The Bertz CT molecular complexity index is 199. The number of halogens is 4. The van der Waals surface area contributed by atoms with Gasteiger partial charge in [0.2, 0.25) is 0 Å². The molecule has 0 heterocycles. The molecule has 0 aromatic carbocycles. The van der Waals surface area contributed by atoms with Gasteiger partial charge in [-0.25, -0.2) is 0 Å². The Morgan fingerprint density at radius 2 is 1.14 bits per heavy atom. The molecule has 0 aromatic heterocycles. The molecule has 0 amide bonds. The molecular weight excluding hydrogens is 431 g/mol. The maximum Gasteiger partial charge on any atom is 0.0224 e. The number of allylic oxidation sites excluding steroid dienone is 4. The molecule has 1 aliphatic carbocycles. The monoisotopic (exact) mass is 442 g/mol. The van der Waals surface area contributed by atoms with Crippen molar-refractivity contribution in [1.29, 1.82) is 0 Å². The van der Waals surface area contributed by atoms with E-state index in [1.165, 1.54) is 22.6 Å². The van der Waals surface area contributed by atoms with Crippen molar-refractivity contribution in [3.63, 3.8) is 0 Å². The molecule has 0 aromatic rings. The van der Waals surface area contributed by atoms with Crippen molar-refractivity contribution in [1.82, 2.24) is 0 Å². The molecule has 0 spiro atoms. The Balaban J connectivity index is -0.0000000540. The minimum absolute atomic E-state index is 0. The molecule has 0 bridgehead atoms. The summed E-state index contributed by atoms with van der Waals surface area (Å²) in [7, 11) is 0. The van der Waals surface area contributed by atoms with E-state index in [9.17, 15) is 0 Å². The number of hydrogen-bond donors (Lipinski definition) is 0. The van der Waals surface area contributed by atoms with Crippen molar-refractivity contribution in [2.45, 2.75) is 27.7 Å². The summed E-state index contributed by atoms with van der Waals surface area (Å²) in [6, 6.07) is 0. The second-order valence-corrected chi connectivity index (χ2v) is 2.76. The molecule has 0 saturated heterocycles. The largest absolute Gasteiger partial charge is 1.00 e. The van der Waals surface area contributed by atoms with Crippen molar-refractivity contribution in [2.24, 2.45) is 0 Å². The van der Waals surface area contributed by atoms with Crippen LogP contribution in [0.5, 0.6) is 0 Å². The summed E-state index contributed by atoms with van der Waals surface area (Å²) in [5.41, 5.74) is 4.29. The van der Waals surface area contributed by atoms with Crippen LogP contribution >= 0.6 is 0 Å². The molecule has 2 radical (unpaired) electrons. The summed E-state index contributed by atoms with van der Waals surface area (Å²) in [6.45, 7) is 8.68. The predicted octanol–water partition coefficient (Wildman–Crippen LogP) is -9.11. The van der Waals surface area contributed by atoms with Gasteiger partial charge in [0, 0.05) is 28.3 Å². The molecule has 14 heavy (non-hydrogen) atoms. The summed E-state index contributed by atoms with van der Waals surface area (Å²) in [4.78, 5) is 0. The fourth-order valence-corrected chi connectivity index (χ4v) is 1.13. The van der Waals surface area contributed by atoms with E-state index in [-0.39, 0.29) is 72.0 Å². The Morgan fingerprint density at radius 3 is 1.21 bits per heavy atom. The van der Waals surface area contributed by atoms with Crippen molar-refractivity contribution >= 4 is 0 Å². The molecule has 1 aliphatic rings. The van der Waals surface area contributed by atoms with E-state index in [0.717, 1.165) is 0 Å². The van der Waals surface area contributed by atoms with Crippen LogP contribution in [-0.2, 0) is 22.4 Å². The minimum atomic E-state index is 0. The van der Waals surface area contributed by atoms with E-state index in [4.69, 9.17) is 0 Å². The zero-order chi connectivity index (χ0) is 7.02. The third kappa shape index (κ3) is 6.79. The molecule has 0 saturated carbocycles. The first kappa shape index (κ1) is 29.5. The normalized spacial score (nSPS) is 13.6. The van der Waals surface area contributed by atoms with Gasteiger partial charge in [0.05, 0.1) is 0 Å². The average Bonchev–Trinajstić information content (AvgIpc) is 1.98. The van der Waals surface area contributed by atoms with E-state index in [1.54, 1.807) is 0 Å². The van der Waals surface area contributed by atoms with Gasteiger partial charge in [-0.15, -0.1) is 0 Å². The van der Waals surface area contributed by atoms with Crippen LogP contribution in [0.25, 0.3) is 0 Å². The zero-order valence-corrected chi connectivity index (χ0v) is 14.8. The van der Waals surface area contributed by atoms with Crippen molar-refractivity contribution in [3.8, 4) is 0 Å². The van der Waals surface area contributed by atoms with Crippen LogP contribution in [0.1, 0.15) is 27.7 Å². The average molecular weight is 444 g/mol. The molecule has 1 rings (SSSR count). The summed E-state index contributed by atoms with van der Waals surface area (Å²) < 4.78 is 0. The van der Waals surface area contributed by atoms with Gasteiger partial charge in [0.25, 0.3) is 0 Å². The van der Waals surface area contributed by atoms with E-state index < -0.39 is 0 Å². The minimum Gasteiger partial charge on any atom is -1.00 e. The summed E-state index contributed by atoms with van der Waals surface area (Å²) in [6.07, 6.45) is 2.24. The quantitative estimate of drug-likeness (QED) is 0.349. The zero-order valence-electron chi connectivity index (χ0n) is 8.54. The third-order valence-electron chi connectivity index (χ3n) is 2.18. The topological polar surface area (TPSA) is 0 Å². The molecule has 0 fully saturated rings. The van der Waals surface area contributed by atoms with Gasteiger partial charge in [-0.3, -0.25) is 0 Å². The second kappa shape index (κ2) is 12.4. The fraction of sp³-hybridized carbons (Fsp3) is 0.444. The van der Waals surface area contributed by atoms with Gasteiger partial charge < -0.3 is 49.6 Å². The maximum atomic E-state index is 2.24.